The Bertz CT molecular complexity index is 800. The molecule has 0 aliphatic rings. The van der Waals surface area contributed by atoms with Gasteiger partial charge in [0.15, 0.2) is 0 Å². The quantitative estimate of drug-likeness (QED) is 0.742. The molecule has 2 amide bonds. The monoisotopic (exact) mass is 341 g/mol. The minimum Gasteiger partial charge on any atom is -0.326 e. The molecular formula is C17H19N5OS. The van der Waals surface area contributed by atoms with Crippen molar-refractivity contribution in [3.05, 3.63) is 59.3 Å². The summed E-state index contributed by atoms with van der Waals surface area (Å²) in [6.45, 7) is 4.01. The molecule has 124 valence electrons. The van der Waals surface area contributed by atoms with E-state index in [2.05, 4.69) is 20.7 Å². The largest absolute Gasteiger partial charge is 0.326 e. The van der Waals surface area contributed by atoms with Crippen LogP contribution >= 0.6 is 11.3 Å². The van der Waals surface area contributed by atoms with Crippen LogP contribution in [0.3, 0.4) is 0 Å². The lowest BCUT2D eigenvalue weighted by atomic mass is 10.0. The second kappa shape index (κ2) is 6.84. The van der Waals surface area contributed by atoms with Gasteiger partial charge in [-0.05, 0) is 37.6 Å². The minimum atomic E-state index is -0.488. The summed E-state index contributed by atoms with van der Waals surface area (Å²) < 4.78 is 1.74. The zero-order chi connectivity index (χ0) is 17.0. The van der Waals surface area contributed by atoms with Crippen molar-refractivity contribution in [3.8, 4) is 5.69 Å². The Morgan fingerprint density at radius 1 is 1.33 bits per heavy atom. The van der Waals surface area contributed by atoms with Crippen molar-refractivity contribution in [1.82, 2.24) is 20.1 Å². The lowest BCUT2D eigenvalue weighted by Crippen LogP contribution is -2.45. The summed E-state index contributed by atoms with van der Waals surface area (Å²) in [5.74, 6) is 0. The van der Waals surface area contributed by atoms with E-state index in [4.69, 9.17) is 0 Å². The number of carbonyl (C=O) groups excluding carboxylic acids is 1. The molecule has 1 unspecified atom stereocenters. The van der Waals surface area contributed by atoms with Crippen molar-refractivity contribution in [2.75, 3.05) is 5.32 Å². The van der Waals surface area contributed by atoms with E-state index in [-0.39, 0.29) is 6.03 Å². The van der Waals surface area contributed by atoms with Crippen LogP contribution in [0.1, 0.15) is 25.3 Å². The summed E-state index contributed by atoms with van der Waals surface area (Å²) in [5, 5.41) is 12.9. The van der Waals surface area contributed by atoms with E-state index in [0.29, 0.717) is 5.69 Å². The van der Waals surface area contributed by atoms with E-state index in [1.54, 1.807) is 17.1 Å². The van der Waals surface area contributed by atoms with Gasteiger partial charge in [0.05, 0.1) is 11.2 Å². The molecule has 1 atom stereocenters. The molecule has 0 aliphatic carbocycles. The van der Waals surface area contributed by atoms with Gasteiger partial charge in [-0.1, -0.05) is 13.0 Å². The average molecular weight is 341 g/mol. The number of thiazole rings is 1. The normalized spacial score (nSPS) is 13.2. The highest BCUT2D eigenvalue weighted by atomic mass is 32.1. The summed E-state index contributed by atoms with van der Waals surface area (Å²) in [5.41, 5.74) is 1.10. The van der Waals surface area contributed by atoms with E-state index in [1.165, 1.54) is 11.3 Å². The molecule has 0 saturated heterocycles. The minimum absolute atomic E-state index is 0.257. The van der Waals surface area contributed by atoms with Crippen LogP contribution in [0, 0.1) is 0 Å². The first kappa shape index (κ1) is 16.2. The number of rotatable bonds is 5. The van der Waals surface area contributed by atoms with Crippen LogP contribution in [0.25, 0.3) is 5.69 Å². The second-order valence-corrected chi connectivity index (χ2v) is 6.50. The molecule has 0 fully saturated rings. The zero-order valence-electron chi connectivity index (χ0n) is 13.6. The van der Waals surface area contributed by atoms with E-state index in [1.807, 2.05) is 55.8 Å². The molecule has 2 aromatic heterocycles. The highest BCUT2D eigenvalue weighted by Gasteiger charge is 2.29. The second-order valence-electron chi connectivity index (χ2n) is 5.60. The molecule has 6 nitrogen and oxygen atoms in total. The molecule has 0 saturated carbocycles. The van der Waals surface area contributed by atoms with Gasteiger partial charge in [0.2, 0.25) is 0 Å². The standard InChI is InChI=1S/C17H19N5OS/c1-3-17(2,15-18-9-11-24-15)21-16(23)20-13-6-4-7-14(12-13)22-10-5-8-19-22/h4-12H,3H2,1-2H3,(H2,20,21,23). The van der Waals surface area contributed by atoms with Crippen LogP contribution in [0.4, 0.5) is 10.5 Å². The lowest BCUT2D eigenvalue weighted by molar-refractivity contribution is 0.238. The summed E-state index contributed by atoms with van der Waals surface area (Å²) >= 11 is 1.54. The highest BCUT2D eigenvalue weighted by Crippen LogP contribution is 2.26. The molecule has 0 aliphatic heterocycles. The van der Waals surface area contributed by atoms with Crippen molar-refractivity contribution >= 4 is 23.1 Å². The van der Waals surface area contributed by atoms with Crippen LogP contribution in [0.5, 0.6) is 0 Å². The number of hydrogen-bond acceptors (Lipinski definition) is 4. The summed E-state index contributed by atoms with van der Waals surface area (Å²) in [6, 6.07) is 9.13. The van der Waals surface area contributed by atoms with E-state index in [0.717, 1.165) is 17.1 Å². The third kappa shape index (κ3) is 3.46. The molecule has 0 bridgehead atoms. The van der Waals surface area contributed by atoms with Crippen LogP contribution < -0.4 is 10.6 Å². The molecule has 3 aromatic rings. The Morgan fingerprint density at radius 3 is 2.88 bits per heavy atom. The number of amides is 2. The van der Waals surface area contributed by atoms with Gasteiger partial charge in [0.1, 0.15) is 5.01 Å². The van der Waals surface area contributed by atoms with Crippen LogP contribution in [-0.4, -0.2) is 20.8 Å². The van der Waals surface area contributed by atoms with Gasteiger partial charge in [-0.3, -0.25) is 0 Å². The van der Waals surface area contributed by atoms with Crippen molar-refractivity contribution in [2.45, 2.75) is 25.8 Å². The van der Waals surface area contributed by atoms with Crippen molar-refractivity contribution in [3.63, 3.8) is 0 Å². The van der Waals surface area contributed by atoms with Gasteiger partial charge < -0.3 is 10.6 Å². The van der Waals surface area contributed by atoms with Crippen LogP contribution in [-0.2, 0) is 5.54 Å². The third-order valence-corrected chi connectivity index (χ3v) is 4.91. The predicted molar refractivity (Wildman–Crippen MR) is 95.5 cm³/mol. The Hall–Kier alpha value is -2.67. The zero-order valence-corrected chi connectivity index (χ0v) is 14.4. The lowest BCUT2D eigenvalue weighted by Gasteiger charge is -2.27. The van der Waals surface area contributed by atoms with E-state index < -0.39 is 5.54 Å². The maximum absolute atomic E-state index is 12.4. The number of nitrogens with zero attached hydrogens (tertiary/aromatic N) is 3. The molecule has 7 heteroatoms. The van der Waals surface area contributed by atoms with Gasteiger partial charge in [-0.25, -0.2) is 14.5 Å². The number of nitrogens with one attached hydrogen (secondary N) is 2. The highest BCUT2D eigenvalue weighted by molar-refractivity contribution is 7.09. The molecule has 1 aromatic carbocycles. The summed E-state index contributed by atoms with van der Waals surface area (Å²) in [7, 11) is 0. The predicted octanol–water partition coefficient (Wildman–Crippen LogP) is 3.78. The fourth-order valence-electron chi connectivity index (χ4n) is 2.35. The van der Waals surface area contributed by atoms with Gasteiger partial charge in [-0.2, -0.15) is 5.10 Å². The number of anilines is 1. The first-order chi connectivity index (χ1) is 11.6. The Balaban J connectivity index is 1.72. The van der Waals surface area contributed by atoms with Gasteiger partial charge >= 0.3 is 6.03 Å². The van der Waals surface area contributed by atoms with E-state index in [9.17, 15) is 4.79 Å². The van der Waals surface area contributed by atoms with Crippen molar-refractivity contribution in [2.24, 2.45) is 0 Å². The number of hydrogen-bond donors (Lipinski definition) is 2. The molecule has 0 radical (unpaired) electrons. The number of benzene rings is 1. The maximum Gasteiger partial charge on any atom is 0.320 e. The fraction of sp³-hybridized carbons (Fsp3) is 0.235. The van der Waals surface area contributed by atoms with Gasteiger partial charge in [0.25, 0.3) is 0 Å². The smallest absolute Gasteiger partial charge is 0.320 e. The Morgan fingerprint density at radius 2 is 2.21 bits per heavy atom. The topological polar surface area (TPSA) is 71.8 Å². The molecule has 0 spiro atoms. The summed E-state index contributed by atoms with van der Waals surface area (Å²) in [4.78, 5) is 16.7. The maximum atomic E-state index is 12.4. The SMILES string of the molecule is CCC(C)(NC(=O)Nc1cccc(-n2cccn2)c1)c1nccs1. The van der Waals surface area contributed by atoms with Crippen LogP contribution in [0.15, 0.2) is 54.3 Å². The van der Waals surface area contributed by atoms with Crippen molar-refractivity contribution in [1.29, 1.82) is 0 Å². The summed E-state index contributed by atoms with van der Waals surface area (Å²) in [6.07, 6.45) is 6.08. The number of aromatic nitrogens is 3. The first-order valence-electron chi connectivity index (χ1n) is 7.70. The molecule has 2 heterocycles. The molecule has 2 N–H and O–H groups in total. The molecule has 3 rings (SSSR count). The molecular weight excluding hydrogens is 322 g/mol. The number of carbonyl (C=O) groups is 1. The van der Waals surface area contributed by atoms with Gasteiger partial charge in [-0.15, -0.1) is 11.3 Å². The fourth-order valence-corrected chi connectivity index (χ4v) is 3.18. The first-order valence-corrected chi connectivity index (χ1v) is 8.58. The third-order valence-electron chi connectivity index (χ3n) is 3.87. The Labute approximate surface area is 144 Å². The van der Waals surface area contributed by atoms with Gasteiger partial charge in [0, 0.05) is 29.7 Å². The molecule has 24 heavy (non-hydrogen) atoms. The van der Waals surface area contributed by atoms with E-state index >= 15 is 0 Å². The Kier molecular flexibility index (Phi) is 4.61. The number of urea groups is 1. The average Bonchev–Trinajstić information content (AvgIpc) is 3.28. The van der Waals surface area contributed by atoms with Crippen molar-refractivity contribution < 1.29 is 4.79 Å². The van der Waals surface area contributed by atoms with Crippen LogP contribution in [0.2, 0.25) is 0 Å².